The lowest BCUT2D eigenvalue weighted by Crippen LogP contribution is -2.17. The Bertz CT molecular complexity index is 891. The van der Waals surface area contributed by atoms with Gasteiger partial charge < -0.3 is 10.6 Å². The number of hydrogen-bond acceptors (Lipinski definition) is 6. The Kier molecular flexibility index (Phi) is 6.51. The van der Waals surface area contributed by atoms with E-state index in [0.717, 1.165) is 11.1 Å². The third kappa shape index (κ3) is 5.29. The quantitative estimate of drug-likeness (QED) is 0.309. The Morgan fingerprint density at radius 2 is 1.33 bits per heavy atom. The summed E-state index contributed by atoms with van der Waals surface area (Å²) in [5.41, 5.74) is 2.34. The summed E-state index contributed by atoms with van der Waals surface area (Å²) < 4.78 is 0. The molecule has 8 nitrogen and oxygen atoms in total. The van der Waals surface area contributed by atoms with Crippen molar-refractivity contribution in [3.05, 3.63) is 103 Å². The number of aryl methyl sites for hydroxylation is 2. The Hall–Kier alpha value is -3.39. The molecule has 2 aromatic rings. The van der Waals surface area contributed by atoms with Crippen molar-refractivity contribution in [3.8, 4) is 0 Å². The summed E-state index contributed by atoms with van der Waals surface area (Å²) in [6, 6.07) is 14.3. The van der Waals surface area contributed by atoms with Crippen molar-refractivity contribution in [2.45, 2.75) is 13.8 Å². The summed E-state index contributed by atoms with van der Waals surface area (Å²) in [5.74, 6) is -0.0383. The molecule has 0 aliphatic carbocycles. The average Bonchev–Trinajstić information content (AvgIpc) is 2.62. The fourth-order valence-electron chi connectivity index (χ4n) is 2.24. The van der Waals surface area contributed by atoms with Crippen LogP contribution in [0.25, 0.3) is 0 Å². The van der Waals surface area contributed by atoms with Gasteiger partial charge >= 0.3 is 10.9 Å². The van der Waals surface area contributed by atoms with E-state index in [9.17, 15) is 20.2 Å². The van der Waals surface area contributed by atoms with Crippen molar-refractivity contribution in [3.63, 3.8) is 0 Å². The first-order chi connectivity index (χ1) is 12.8. The van der Waals surface area contributed by atoms with E-state index in [1.54, 1.807) is 24.3 Å². The molecular weight excluding hydrogens is 372 g/mol. The molecule has 0 spiro atoms. The molecule has 27 heavy (non-hydrogen) atoms. The third-order valence-corrected chi connectivity index (χ3v) is 3.94. The van der Waals surface area contributed by atoms with Crippen LogP contribution < -0.4 is 10.6 Å². The molecule has 0 amide bonds. The van der Waals surface area contributed by atoms with Crippen LogP contribution in [0.5, 0.6) is 0 Å². The standard InChI is InChI=1S/C18H17ClN4O4/c1-12-7-3-5-9-14(12)20-18(21-15-10-6-4-8-13(15)2)16(22(24)25)11-17(19)23(26)27/h3-11,20-21H,1-2H3/b17-11-. The molecule has 0 unspecified atom stereocenters. The Labute approximate surface area is 160 Å². The third-order valence-electron chi connectivity index (χ3n) is 3.69. The molecule has 2 rings (SSSR count). The van der Waals surface area contributed by atoms with Crippen LogP contribution >= 0.6 is 11.6 Å². The van der Waals surface area contributed by atoms with Gasteiger partial charge in [0.1, 0.15) is 6.08 Å². The summed E-state index contributed by atoms with van der Waals surface area (Å²) in [7, 11) is 0. The highest BCUT2D eigenvalue weighted by atomic mass is 35.5. The molecule has 0 saturated carbocycles. The molecular formula is C18H17ClN4O4. The van der Waals surface area contributed by atoms with Gasteiger partial charge in [0.2, 0.25) is 0 Å². The maximum Gasteiger partial charge on any atom is 0.344 e. The first-order valence-corrected chi connectivity index (χ1v) is 8.23. The van der Waals surface area contributed by atoms with E-state index in [2.05, 4.69) is 10.6 Å². The largest absolute Gasteiger partial charge is 0.344 e. The van der Waals surface area contributed by atoms with Crippen LogP contribution in [0.4, 0.5) is 11.4 Å². The number of rotatable bonds is 7. The molecule has 2 N–H and O–H groups in total. The lowest BCUT2D eigenvalue weighted by Gasteiger charge is -2.16. The molecule has 0 radical (unpaired) electrons. The van der Waals surface area contributed by atoms with Gasteiger partial charge in [0.25, 0.3) is 0 Å². The zero-order valence-corrected chi connectivity index (χ0v) is 15.4. The zero-order valence-electron chi connectivity index (χ0n) is 14.6. The molecule has 140 valence electrons. The number of para-hydroxylation sites is 2. The highest BCUT2D eigenvalue weighted by molar-refractivity contribution is 6.28. The second kappa shape index (κ2) is 8.81. The van der Waals surface area contributed by atoms with Crippen LogP contribution in [0, 0.1) is 34.1 Å². The van der Waals surface area contributed by atoms with Gasteiger partial charge in [-0.2, -0.15) is 0 Å². The average molecular weight is 389 g/mol. The molecule has 0 atom stereocenters. The number of anilines is 2. The number of nitrogens with zero attached hydrogens (tertiary/aromatic N) is 2. The van der Waals surface area contributed by atoms with Gasteiger partial charge in [-0.15, -0.1) is 0 Å². The van der Waals surface area contributed by atoms with Crippen molar-refractivity contribution < 1.29 is 9.85 Å². The van der Waals surface area contributed by atoms with Crippen molar-refractivity contribution >= 4 is 23.0 Å². The maximum atomic E-state index is 11.6. The molecule has 2 aromatic carbocycles. The molecule has 0 aliphatic rings. The molecule has 0 bridgehead atoms. The molecule has 0 saturated heterocycles. The van der Waals surface area contributed by atoms with Gasteiger partial charge in [-0.05, 0) is 48.7 Å². The Morgan fingerprint density at radius 3 is 1.70 bits per heavy atom. The normalized spacial score (nSPS) is 10.9. The minimum Gasteiger partial charge on any atom is -0.336 e. The van der Waals surface area contributed by atoms with Gasteiger partial charge in [0.15, 0.2) is 5.82 Å². The summed E-state index contributed by atoms with van der Waals surface area (Å²) in [6.45, 7) is 3.67. The van der Waals surface area contributed by atoms with Gasteiger partial charge in [-0.3, -0.25) is 20.2 Å². The van der Waals surface area contributed by atoms with E-state index in [1.807, 2.05) is 38.1 Å². The van der Waals surface area contributed by atoms with E-state index >= 15 is 0 Å². The lowest BCUT2D eigenvalue weighted by molar-refractivity contribution is -0.428. The minimum absolute atomic E-state index is 0.0383. The van der Waals surface area contributed by atoms with Crippen molar-refractivity contribution in [2.75, 3.05) is 10.6 Å². The van der Waals surface area contributed by atoms with Crippen LogP contribution in [0.2, 0.25) is 0 Å². The van der Waals surface area contributed by atoms with Gasteiger partial charge in [-0.1, -0.05) is 36.4 Å². The number of allylic oxidation sites excluding steroid dienone is 1. The van der Waals surface area contributed by atoms with Gasteiger partial charge in [0.05, 0.1) is 9.85 Å². The van der Waals surface area contributed by atoms with E-state index in [4.69, 9.17) is 11.6 Å². The van der Waals surface area contributed by atoms with Crippen LogP contribution in [0.15, 0.2) is 71.3 Å². The monoisotopic (exact) mass is 388 g/mol. The van der Waals surface area contributed by atoms with E-state index in [-0.39, 0.29) is 5.82 Å². The van der Waals surface area contributed by atoms with Crippen molar-refractivity contribution in [1.29, 1.82) is 0 Å². The highest BCUT2D eigenvalue weighted by Gasteiger charge is 2.22. The number of nitrogens with one attached hydrogen (secondary N) is 2. The summed E-state index contributed by atoms with van der Waals surface area (Å²) in [5, 5.41) is 27.5. The lowest BCUT2D eigenvalue weighted by atomic mass is 10.2. The first-order valence-electron chi connectivity index (χ1n) is 7.85. The van der Waals surface area contributed by atoms with Crippen LogP contribution in [-0.4, -0.2) is 9.85 Å². The minimum atomic E-state index is -0.899. The van der Waals surface area contributed by atoms with Crippen molar-refractivity contribution in [1.82, 2.24) is 0 Å². The van der Waals surface area contributed by atoms with Gasteiger partial charge in [-0.25, -0.2) is 0 Å². The fraction of sp³-hybridized carbons (Fsp3) is 0.111. The van der Waals surface area contributed by atoms with Crippen LogP contribution in [0.1, 0.15) is 11.1 Å². The van der Waals surface area contributed by atoms with E-state index in [0.29, 0.717) is 17.5 Å². The maximum absolute atomic E-state index is 11.6. The molecule has 9 heteroatoms. The molecule has 0 heterocycles. The van der Waals surface area contributed by atoms with Gasteiger partial charge in [0, 0.05) is 11.4 Å². The van der Waals surface area contributed by atoms with Crippen LogP contribution in [-0.2, 0) is 0 Å². The molecule has 0 aromatic heterocycles. The SMILES string of the molecule is Cc1ccccc1NC(Nc1ccccc1C)=C(/C=C(/Cl)[N+](=O)[O-])[N+](=O)[O-]. The second-order valence-corrected chi connectivity index (χ2v) is 6.01. The number of hydrogen-bond donors (Lipinski definition) is 2. The number of nitro groups is 2. The summed E-state index contributed by atoms with van der Waals surface area (Å²) in [6.07, 6.45) is 0.702. The predicted molar refractivity (Wildman–Crippen MR) is 105 cm³/mol. The van der Waals surface area contributed by atoms with Crippen molar-refractivity contribution in [2.24, 2.45) is 0 Å². The zero-order chi connectivity index (χ0) is 20.0. The number of halogens is 1. The summed E-state index contributed by atoms with van der Waals surface area (Å²) >= 11 is 5.53. The predicted octanol–water partition coefficient (Wildman–Crippen LogP) is 4.63. The second-order valence-electron chi connectivity index (χ2n) is 5.62. The Morgan fingerprint density at radius 1 is 0.889 bits per heavy atom. The number of benzene rings is 2. The highest BCUT2D eigenvalue weighted by Crippen LogP contribution is 2.23. The first kappa shape index (κ1) is 19.9. The fourth-order valence-corrected chi connectivity index (χ4v) is 2.34. The topological polar surface area (TPSA) is 110 Å². The molecule has 0 fully saturated rings. The van der Waals surface area contributed by atoms with E-state index in [1.165, 1.54) is 0 Å². The molecule has 0 aliphatic heterocycles. The van der Waals surface area contributed by atoms with Crippen LogP contribution in [0.3, 0.4) is 0 Å². The van der Waals surface area contributed by atoms with E-state index < -0.39 is 20.7 Å². The smallest absolute Gasteiger partial charge is 0.336 e. The Balaban J connectivity index is 2.60. The summed E-state index contributed by atoms with van der Waals surface area (Å²) in [4.78, 5) is 20.8.